The summed E-state index contributed by atoms with van der Waals surface area (Å²) >= 11 is 0. The molecule has 27 heavy (non-hydrogen) atoms. The molecular formula is C22H22ClN3O. The summed E-state index contributed by atoms with van der Waals surface area (Å²) in [7, 11) is 0. The van der Waals surface area contributed by atoms with Crippen LogP contribution in [0.25, 0.3) is 22.2 Å². The molecule has 0 amide bonds. The highest BCUT2D eigenvalue weighted by molar-refractivity contribution is 5.92. The van der Waals surface area contributed by atoms with Gasteiger partial charge in [0.25, 0.3) is 0 Å². The Morgan fingerprint density at radius 3 is 2.48 bits per heavy atom. The van der Waals surface area contributed by atoms with Gasteiger partial charge in [-0.1, -0.05) is 54.5 Å². The Morgan fingerprint density at radius 1 is 0.963 bits per heavy atom. The molecule has 5 heteroatoms. The second-order valence-corrected chi connectivity index (χ2v) is 6.41. The number of fused-ring (bicyclic) bond motifs is 1. The molecule has 0 radical (unpaired) electrons. The number of hydrogen-bond acceptors (Lipinski definition) is 4. The molecule has 0 aliphatic rings. The summed E-state index contributed by atoms with van der Waals surface area (Å²) in [6, 6.07) is 21.9. The van der Waals surface area contributed by atoms with Crippen molar-refractivity contribution in [2.75, 3.05) is 0 Å². The van der Waals surface area contributed by atoms with Crippen molar-refractivity contribution in [3.63, 3.8) is 0 Å². The minimum absolute atomic E-state index is 0. The summed E-state index contributed by atoms with van der Waals surface area (Å²) in [4.78, 5) is 4.52. The molecule has 2 atom stereocenters. The standard InChI is InChI=1S/C22H21N3O.ClH/c1-2-15(19-12-7-8-14-24-19)21(23)16-9-3-4-10-17(16)22-18-11-5-6-13-20(18)26-25-22;/h3-15,21H,2,23H2,1H3;1H/t15-,21-;/m0./s1. The summed E-state index contributed by atoms with van der Waals surface area (Å²) in [6.45, 7) is 2.15. The number of rotatable bonds is 5. The molecule has 2 heterocycles. The van der Waals surface area contributed by atoms with E-state index in [0.717, 1.165) is 39.9 Å². The zero-order valence-corrected chi connectivity index (χ0v) is 15.9. The summed E-state index contributed by atoms with van der Waals surface area (Å²) < 4.78 is 5.51. The third kappa shape index (κ3) is 3.59. The number of halogens is 1. The third-order valence-corrected chi connectivity index (χ3v) is 4.89. The molecule has 0 saturated heterocycles. The van der Waals surface area contributed by atoms with Crippen molar-refractivity contribution < 1.29 is 4.52 Å². The highest BCUT2D eigenvalue weighted by Gasteiger charge is 2.24. The van der Waals surface area contributed by atoms with Crippen molar-refractivity contribution in [3.05, 3.63) is 84.2 Å². The maximum atomic E-state index is 6.73. The number of benzene rings is 2. The Labute approximate surface area is 164 Å². The van der Waals surface area contributed by atoms with Crippen LogP contribution in [0.2, 0.25) is 0 Å². The van der Waals surface area contributed by atoms with E-state index >= 15 is 0 Å². The molecule has 4 rings (SSSR count). The lowest BCUT2D eigenvalue weighted by molar-refractivity contribution is 0.459. The van der Waals surface area contributed by atoms with Crippen LogP contribution in [0.5, 0.6) is 0 Å². The van der Waals surface area contributed by atoms with E-state index in [2.05, 4.69) is 29.2 Å². The molecule has 0 aliphatic heterocycles. The Morgan fingerprint density at radius 2 is 1.70 bits per heavy atom. The van der Waals surface area contributed by atoms with E-state index < -0.39 is 0 Å². The largest absolute Gasteiger partial charge is 0.356 e. The molecule has 2 aromatic heterocycles. The van der Waals surface area contributed by atoms with E-state index in [9.17, 15) is 0 Å². The highest BCUT2D eigenvalue weighted by atomic mass is 35.5. The topological polar surface area (TPSA) is 64.9 Å². The van der Waals surface area contributed by atoms with Gasteiger partial charge in [-0.3, -0.25) is 4.98 Å². The van der Waals surface area contributed by atoms with Crippen molar-refractivity contribution in [2.24, 2.45) is 5.73 Å². The zero-order chi connectivity index (χ0) is 17.9. The van der Waals surface area contributed by atoms with Crippen molar-refractivity contribution in [3.8, 4) is 11.3 Å². The second-order valence-electron chi connectivity index (χ2n) is 6.41. The van der Waals surface area contributed by atoms with Crippen LogP contribution >= 0.6 is 12.4 Å². The fourth-order valence-corrected chi connectivity index (χ4v) is 3.54. The normalized spacial score (nSPS) is 13.1. The maximum absolute atomic E-state index is 6.73. The summed E-state index contributed by atoms with van der Waals surface area (Å²) in [5.41, 5.74) is 11.4. The molecule has 0 fully saturated rings. The predicted molar refractivity (Wildman–Crippen MR) is 111 cm³/mol. The van der Waals surface area contributed by atoms with Gasteiger partial charge in [0.05, 0.1) is 0 Å². The van der Waals surface area contributed by atoms with Gasteiger partial charge in [-0.2, -0.15) is 0 Å². The van der Waals surface area contributed by atoms with Gasteiger partial charge in [-0.05, 0) is 36.2 Å². The molecular weight excluding hydrogens is 358 g/mol. The van der Waals surface area contributed by atoms with Gasteiger partial charge in [0.2, 0.25) is 0 Å². The fraction of sp³-hybridized carbons (Fsp3) is 0.182. The molecule has 0 unspecified atom stereocenters. The van der Waals surface area contributed by atoms with Crippen LogP contribution < -0.4 is 5.73 Å². The summed E-state index contributed by atoms with van der Waals surface area (Å²) in [5, 5.41) is 5.32. The number of hydrogen-bond donors (Lipinski definition) is 1. The van der Waals surface area contributed by atoms with E-state index in [1.165, 1.54) is 0 Å². The van der Waals surface area contributed by atoms with Crippen LogP contribution in [-0.2, 0) is 0 Å². The third-order valence-electron chi connectivity index (χ3n) is 4.89. The zero-order valence-electron chi connectivity index (χ0n) is 15.1. The Bertz CT molecular complexity index is 1020. The van der Waals surface area contributed by atoms with Crippen LogP contribution in [-0.4, -0.2) is 10.1 Å². The lowest BCUT2D eigenvalue weighted by Crippen LogP contribution is -2.21. The predicted octanol–water partition coefficient (Wildman–Crippen LogP) is 5.51. The van der Waals surface area contributed by atoms with Gasteiger partial charge in [-0.15, -0.1) is 12.4 Å². The Kier molecular flexibility index (Phi) is 5.89. The Balaban J connectivity index is 0.00000210. The first-order valence-electron chi connectivity index (χ1n) is 8.89. The average molecular weight is 380 g/mol. The summed E-state index contributed by atoms with van der Waals surface area (Å²) in [6.07, 6.45) is 2.73. The van der Waals surface area contributed by atoms with Crippen LogP contribution in [0.3, 0.4) is 0 Å². The first-order valence-corrected chi connectivity index (χ1v) is 8.89. The fourth-order valence-electron chi connectivity index (χ4n) is 3.54. The quantitative estimate of drug-likeness (QED) is 0.496. The van der Waals surface area contributed by atoms with E-state index in [1.807, 2.05) is 60.8 Å². The first-order chi connectivity index (χ1) is 12.8. The van der Waals surface area contributed by atoms with Crippen molar-refractivity contribution in [2.45, 2.75) is 25.3 Å². The summed E-state index contributed by atoms with van der Waals surface area (Å²) in [5.74, 6) is 0.135. The van der Waals surface area contributed by atoms with Crippen molar-refractivity contribution >= 4 is 23.4 Å². The first kappa shape index (κ1) is 19.1. The van der Waals surface area contributed by atoms with Gasteiger partial charge >= 0.3 is 0 Å². The molecule has 0 saturated carbocycles. The molecule has 2 aromatic carbocycles. The van der Waals surface area contributed by atoms with Crippen LogP contribution in [0.4, 0.5) is 0 Å². The van der Waals surface area contributed by atoms with Crippen LogP contribution in [0, 0.1) is 0 Å². The van der Waals surface area contributed by atoms with Crippen LogP contribution in [0.1, 0.15) is 36.6 Å². The average Bonchev–Trinajstić information content (AvgIpc) is 3.13. The van der Waals surface area contributed by atoms with E-state index in [-0.39, 0.29) is 24.4 Å². The molecule has 0 spiro atoms. The van der Waals surface area contributed by atoms with E-state index in [4.69, 9.17) is 10.3 Å². The smallest absolute Gasteiger partial charge is 0.167 e. The van der Waals surface area contributed by atoms with Crippen molar-refractivity contribution in [1.82, 2.24) is 10.1 Å². The van der Waals surface area contributed by atoms with Gasteiger partial charge in [-0.25, -0.2) is 0 Å². The molecule has 138 valence electrons. The minimum Gasteiger partial charge on any atom is -0.356 e. The molecule has 2 N–H and O–H groups in total. The number of aromatic nitrogens is 2. The lowest BCUT2D eigenvalue weighted by atomic mass is 9.85. The number of nitrogens with zero attached hydrogens (tertiary/aromatic N) is 2. The lowest BCUT2D eigenvalue weighted by Gasteiger charge is -2.24. The minimum atomic E-state index is -0.179. The van der Waals surface area contributed by atoms with E-state index in [0.29, 0.717) is 0 Å². The molecule has 0 bridgehead atoms. The maximum Gasteiger partial charge on any atom is 0.167 e. The van der Waals surface area contributed by atoms with E-state index in [1.54, 1.807) is 0 Å². The van der Waals surface area contributed by atoms with Crippen molar-refractivity contribution in [1.29, 1.82) is 0 Å². The second kappa shape index (κ2) is 8.33. The number of pyridine rings is 1. The Hall–Kier alpha value is -2.69. The van der Waals surface area contributed by atoms with Gasteiger partial charge < -0.3 is 10.3 Å². The number of para-hydroxylation sites is 1. The molecule has 0 aliphatic carbocycles. The van der Waals surface area contributed by atoms with Gasteiger partial charge in [0.15, 0.2) is 5.58 Å². The monoisotopic (exact) mass is 379 g/mol. The van der Waals surface area contributed by atoms with Gasteiger partial charge in [0.1, 0.15) is 5.69 Å². The SMILES string of the molecule is CC[C@@H](c1ccccn1)[C@H](N)c1ccccc1-c1noc2ccccc12.Cl. The van der Waals surface area contributed by atoms with Crippen LogP contribution in [0.15, 0.2) is 77.4 Å². The number of nitrogens with two attached hydrogens (primary N) is 1. The molecule has 4 aromatic rings. The highest BCUT2D eigenvalue weighted by Crippen LogP contribution is 2.37. The van der Waals surface area contributed by atoms with Gasteiger partial charge in [0, 0.05) is 34.8 Å². The molecule has 4 nitrogen and oxygen atoms in total.